The van der Waals surface area contributed by atoms with Crippen LogP contribution < -0.4 is 169 Å². The third-order valence-corrected chi connectivity index (χ3v) is 1.25. The summed E-state index contributed by atoms with van der Waals surface area (Å²) in [5.74, 6) is -5.98. The van der Waals surface area contributed by atoms with Crippen molar-refractivity contribution in [3.63, 3.8) is 0 Å². The Kier molecular flexibility index (Phi) is 48.1. The summed E-state index contributed by atoms with van der Waals surface area (Å²) in [4.78, 5) is 30.0. The van der Waals surface area contributed by atoms with Gasteiger partial charge in [-0.2, -0.15) is 0 Å². The van der Waals surface area contributed by atoms with Crippen LogP contribution in [-0.2, 0) is 14.4 Å². The van der Waals surface area contributed by atoms with Crippen LogP contribution in [-0.4, -0.2) is 45.0 Å². The van der Waals surface area contributed by atoms with Crippen LogP contribution >= 0.6 is 0 Å². The minimum Gasteiger partial charge on any atom is -0.550 e. The second kappa shape index (κ2) is 21.2. The molecule has 0 radical (unpaired) electrons. The SMILES string of the molecule is O.O.O.O=C([O-])CC(O)(CC(=O)[O-])C(=O)[O-].[K+].[K+].[K+]. The van der Waals surface area contributed by atoms with Crippen molar-refractivity contribution >= 4 is 17.9 Å². The molecular formula is C6H11K3O10. The zero-order chi connectivity index (χ0) is 10.6. The van der Waals surface area contributed by atoms with E-state index in [-0.39, 0.29) is 171 Å². The molecule has 0 aliphatic rings. The van der Waals surface area contributed by atoms with Gasteiger partial charge in [-0.15, -0.1) is 0 Å². The first-order valence-corrected chi connectivity index (χ1v) is 3.11. The van der Waals surface area contributed by atoms with Gasteiger partial charge < -0.3 is 51.2 Å². The number of aliphatic hydroxyl groups is 1. The summed E-state index contributed by atoms with van der Waals surface area (Å²) in [5.41, 5.74) is -2.97. The Morgan fingerprint density at radius 2 is 1.00 bits per heavy atom. The van der Waals surface area contributed by atoms with E-state index in [4.69, 9.17) is 5.11 Å². The molecule has 13 heteroatoms. The van der Waals surface area contributed by atoms with Gasteiger partial charge in [-0.3, -0.25) is 0 Å². The van der Waals surface area contributed by atoms with E-state index in [1.165, 1.54) is 0 Å². The normalized spacial score (nSPS) is 7.42. The van der Waals surface area contributed by atoms with Gasteiger partial charge in [0.25, 0.3) is 0 Å². The fraction of sp³-hybridized carbons (Fsp3) is 0.500. The zero-order valence-corrected chi connectivity index (χ0v) is 20.2. The Hall–Kier alpha value is 3.16. The molecule has 0 saturated heterocycles. The van der Waals surface area contributed by atoms with E-state index in [0.29, 0.717) is 0 Å². The Morgan fingerprint density at radius 1 is 0.789 bits per heavy atom. The largest absolute Gasteiger partial charge is 1.00 e. The summed E-state index contributed by atoms with van der Waals surface area (Å²) >= 11 is 0. The molecule has 10 nitrogen and oxygen atoms in total. The molecule has 0 aromatic heterocycles. The number of hydrogen-bond acceptors (Lipinski definition) is 7. The first kappa shape index (κ1) is 43.2. The van der Waals surface area contributed by atoms with Crippen LogP contribution in [0.25, 0.3) is 0 Å². The average molecular weight is 360 g/mol. The molecule has 0 unspecified atom stereocenters. The maximum absolute atomic E-state index is 10.1. The average Bonchev–Trinajstić information content (AvgIpc) is 1.82. The molecule has 0 aliphatic heterocycles. The molecular weight excluding hydrogens is 349 g/mol. The Bertz CT molecular complexity index is 242. The minimum atomic E-state index is -2.97. The van der Waals surface area contributed by atoms with Crippen molar-refractivity contribution in [2.45, 2.75) is 18.4 Å². The monoisotopic (exact) mass is 360 g/mol. The first-order valence-electron chi connectivity index (χ1n) is 3.11. The van der Waals surface area contributed by atoms with Crippen LogP contribution in [0.2, 0.25) is 0 Å². The molecule has 0 saturated carbocycles. The fourth-order valence-corrected chi connectivity index (χ4v) is 0.684. The van der Waals surface area contributed by atoms with Crippen molar-refractivity contribution in [2.75, 3.05) is 0 Å². The van der Waals surface area contributed by atoms with Crippen LogP contribution in [0.1, 0.15) is 12.8 Å². The van der Waals surface area contributed by atoms with Gasteiger partial charge in [0.1, 0.15) is 5.60 Å². The molecule has 0 aromatic carbocycles. The standard InChI is InChI=1S/C6H8O7.3K.3H2O/c7-3(8)1-6(13,5(11)12)2-4(9)10;;;;;;/h13H,1-2H2,(H,7,8)(H,9,10)(H,11,12);;;;3*1H2/q;3*+1;;;/p-3. The molecule has 0 spiro atoms. The fourth-order valence-electron chi connectivity index (χ4n) is 0.684. The summed E-state index contributed by atoms with van der Waals surface area (Å²) in [6, 6.07) is 0. The molecule has 0 atom stereocenters. The predicted octanol–water partition coefficient (Wildman–Crippen LogP) is -16.7. The summed E-state index contributed by atoms with van der Waals surface area (Å²) in [6.45, 7) is 0. The third kappa shape index (κ3) is 21.2. The van der Waals surface area contributed by atoms with Gasteiger partial charge in [0.2, 0.25) is 0 Å². The molecule has 98 valence electrons. The van der Waals surface area contributed by atoms with Crippen LogP contribution in [0.4, 0.5) is 0 Å². The van der Waals surface area contributed by atoms with Crippen molar-refractivity contribution in [1.82, 2.24) is 0 Å². The van der Waals surface area contributed by atoms with E-state index in [0.717, 1.165) is 0 Å². The van der Waals surface area contributed by atoms with Gasteiger partial charge >= 0.3 is 154 Å². The van der Waals surface area contributed by atoms with Crippen molar-refractivity contribution in [2.24, 2.45) is 0 Å². The summed E-state index contributed by atoms with van der Waals surface area (Å²) in [5, 5.41) is 38.9. The number of hydrogen-bond donors (Lipinski definition) is 1. The maximum atomic E-state index is 10.1. The first-order chi connectivity index (χ1) is 5.78. The second-order valence-corrected chi connectivity index (χ2v) is 2.42. The van der Waals surface area contributed by atoms with E-state index in [1.54, 1.807) is 0 Å². The van der Waals surface area contributed by atoms with E-state index < -0.39 is 36.4 Å². The Balaban J connectivity index is -0.0000000480. The van der Waals surface area contributed by atoms with Gasteiger partial charge in [0.05, 0.1) is 5.97 Å². The van der Waals surface area contributed by atoms with Gasteiger partial charge in [-0.05, 0) is 0 Å². The van der Waals surface area contributed by atoms with Crippen LogP contribution in [0.3, 0.4) is 0 Å². The Labute approximate surface area is 235 Å². The summed E-state index contributed by atoms with van der Waals surface area (Å²) in [7, 11) is 0. The number of carboxylic acid groups (broad SMARTS) is 3. The minimum absolute atomic E-state index is 0. The van der Waals surface area contributed by atoms with E-state index >= 15 is 0 Å². The van der Waals surface area contributed by atoms with Gasteiger partial charge in [0.15, 0.2) is 0 Å². The van der Waals surface area contributed by atoms with Gasteiger partial charge in [0, 0.05) is 24.8 Å². The smallest absolute Gasteiger partial charge is 0.550 e. The van der Waals surface area contributed by atoms with Gasteiger partial charge in [-0.25, -0.2) is 0 Å². The molecule has 0 bridgehead atoms. The van der Waals surface area contributed by atoms with Crippen molar-refractivity contribution in [3.05, 3.63) is 0 Å². The molecule has 0 fully saturated rings. The molecule has 0 heterocycles. The molecule has 0 rings (SSSR count). The second-order valence-electron chi connectivity index (χ2n) is 2.42. The van der Waals surface area contributed by atoms with E-state index in [9.17, 15) is 29.7 Å². The zero-order valence-electron chi connectivity index (χ0n) is 10.8. The third-order valence-electron chi connectivity index (χ3n) is 1.25. The summed E-state index contributed by atoms with van der Waals surface area (Å²) < 4.78 is 0. The van der Waals surface area contributed by atoms with Gasteiger partial charge in [-0.1, -0.05) is 0 Å². The number of carbonyl (C=O) groups excluding carboxylic acids is 3. The topological polar surface area (TPSA) is 235 Å². The number of carbonyl (C=O) groups is 3. The van der Waals surface area contributed by atoms with Crippen molar-refractivity contribution < 1.29 is 205 Å². The van der Waals surface area contributed by atoms with Crippen LogP contribution in [0.5, 0.6) is 0 Å². The van der Waals surface area contributed by atoms with E-state index in [1.807, 2.05) is 0 Å². The summed E-state index contributed by atoms with van der Waals surface area (Å²) in [6.07, 6.45) is -2.72. The number of rotatable bonds is 5. The Morgan fingerprint density at radius 3 is 1.11 bits per heavy atom. The quantitative estimate of drug-likeness (QED) is 0.464. The van der Waals surface area contributed by atoms with Crippen LogP contribution in [0.15, 0.2) is 0 Å². The molecule has 7 N–H and O–H groups in total. The van der Waals surface area contributed by atoms with Crippen molar-refractivity contribution in [1.29, 1.82) is 0 Å². The maximum Gasteiger partial charge on any atom is 1.00 e. The number of carboxylic acids is 3. The molecule has 19 heavy (non-hydrogen) atoms. The predicted molar refractivity (Wildman–Crippen MR) is 40.0 cm³/mol. The number of aliphatic carboxylic acids is 3. The van der Waals surface area contributed by atoms with Crippen molar-refractivity contribution in [3.8, 4) is 0 Å². The molecule has 0 aliphatic carbocycles. The molecule has 0 amide bonds. The van der Waals surface area contributed by atoms with Crippen LogP contribution in [0, 0.1) is 0 Å². The molecule has 0 aromatic rings. The van der Waals surface area contributed by atoms with E-state index in [2.05, 4.69) is 0 Å².